The number of likely N-dealkylation sites (N-methyl/N-ethyl adjacent to an activating group) is 1. The first-order valence-electron chi connectivity index (χ1n) is 5.69. The summed E-state index contributed by atoms with van der Waals surface area (Å²) < 4.78 is 5.06. The van der Waals surface area contributed by atoms with Crippen LogP contribution in [-0.2, 0) is 4.74 Å². The summed E-state index contributed by atoms with van der Waals surface area (Å²) >= 11 is 0. The minimum Gasteiger partial charge on any atom is -0.394 e. The molecule has 0 fully saturated rings. The van der Waals surface area contributed by atoms with Gasteiger partial charge in [0.2, 0.25) is 0 Å². The van der Waals surface area contributed by atoms with Crippen LogP contribution in [0.25, 0.3) is 0 Å². The molecule has 0 aromatic carbocycles. The number of ether oxygens (including phenoxy) is 1. The number of amides is 1. The lowest BCUT2D eigenvalue weighted by Gasteiger charge is -2.16. The molecule has 0 saturated carbocycles. The summed E-state index contributed by atoms with van der Waals surface area (Å²) in [5.74, 6) is -0.344. The molecule has 100 valence electrons. The molecule has 1 heterocycles. The third-order valence-corrected chi connectivity index (χ3v) is 2.44. The van der Waals surface area contributed by atoms with Crippen LogP contribution in [0.2, 0.25) is 0 Å². The Morgan fingerprint density at radius 1 is 1.50 bits per heavy atom. The fraction of sp³-hybridized carbons (Fsp3) is 0.500. The van der Waals surface area contributed by atoms with Gasteiger partial charge in [0.1, 0.15) is 5.56 Å². The Hall–Kier alpha value is -1.66. The average molecular weight is 254 g/mol. The maximum atomic E-state index is 11.9. The van der Waals surface area contributed by atoms with E-state index in [1.165, 1.54) is 17.2 Å². The van der Waals surface area contributed by atoms with E-state index < -0.39 is 0 Å². The highest BCUT2D eigenvalue weighted by Crippen LogP contribution is 1.98. The van der Waals surface area contributed by atoms with E-state index >= 15 is 0 Å². The van der Waals surface area contributed by atoms with E-state index in [1.54, 1.807) is 14.0 Å². The molecule has 2 N–H and O–H groups in total. The van der Waals surface area contributed by atoms with Gasteiger partial charge in [-0.15, -0.1) is 0 Å². The van der Waals surface area contributed by atoms with Crippen LogP contribution in [0.1, 0.15) is 16.1 Å². The summed E-state index contributed by atoms with van der Waals surface area (Å²) in [6.45, 7) is 2.64. The molecule has 0 saturated heterocycles. The van der Waals surface area contributed by atoms with E-state index in [1.807, 2.05) is 0 Å². The van der Waals surface area contributed by atoms with E-state index in [9.17, 15) is 9.59 Å². The van der Waals surface area contributed by atoms with E-state index in [4.69, 9.17) is 9.84 Å². The summed E-state index contributed by atoms with van der Waals surface area (Å²) in [5, 5.41) is 8.53. The molecular weight excluding hydrogens is 236 g/mol. The topological polar surface area (TPSA) is 82.6 Å². The van der Waals surface area contributed by atoms with Crippen molar-refractivity contribution in [2.24, 2.45) is 0 Å². The van der Waals surface area contributed by atoms with Gasteiger partial charge >= 0.3 is 0 Å². The van der Waals surface area contributed by atoms with Crippen molar-refractivity contribution in [2.75, 3.05) is 33.4 Å². The van der Waals surface area contributed by atoms with Crippen LogP contribution in [0.15, 0.2) is 17.1 Å². The predicted molar refractivity (Wildman–Crippen MR) is 66.7 cm³/mol. The Labute approximate surface area is 105 Å². The highest BCUT2D eigenvalue weighted by atomic mass is 16.5. The number of aliphatic hydroxyl groups is 1. The van der Waals surface area contributed by atoms with Crippen molar-refractivity contribution in [1.29, 1.82) is 0 Å². The summed E-state index contributed by atoms with van der Waals surface area (Å²) in [6, 6.07) is 1.39. The zero-order chi connectivity index (χ0) is 13.5. The minimum atomic E-state index is -0.344. The van der Waals surface area contributed by atoms with Crippen molar-refractivity contribution in [3.63, 3.8) is 0 Å². The third kappa shape index (κ3) is 3.97. The van der Waals surface area contributed by atoms with Crippen LogP contribution < -0.4 is 5.43 Å². The van der Waals surface area contributed by atoms with Gasteiger partial charge in [-0.1, -0.05) is 0 Å². The number of nitrogens with one attached hydrogen (secondary N) is 1. The number of hydrogen-bond donors (Lipinski definition) is 2. The Balaban J connectivity index is 2.60. The molecule has 0 aliphatic heterocycles. The zero-order valence-corrected chi connectivity index (χ0v) is 10.6. The lowest BCUT2D eigenvalue weighted by molar-refractivity contribution is 0.0617. The van der Waals surface area contributed by atoms with Crippen LogP contribution in [0.4, 0.5) is 0 Å². The molecule has 0 bridgehead atoms. The van der Waals surface area contributed by atoms with Crippen molar-refractivity contribution in [1.82, 2.24) is 9.88 Å². The highest BCUT2D eigenvalue weighted by Gasteiger charge is 2.14. The zero-order valence-electron chi connectivity index (χ0n) is 10.6. The van der Waals surface area contributed by atoms with Gasteiger partial charge in [-0.3, -0.25) is 9.59 Å². The van der Waals surface area contributed by atoms with Gasteiger partial charge in [-0.05, 0) is 6.92 Å². The predicted octanol–water partition coefficient (Wildman–Crippen LogP) is -0.236. The monoisotopic (exact) mass is 254 g/mol. The smallest absolute Gasteiger partial charge is 0.259 e. The second-order valence-electron chi connectivity index (χ2n) is 3.96. The summed E-state index contributed by atoms with van der Waals surface area (Å²) in [4.78, 5) is 27.8. The normalized spacial score (nSPS) is 10.4. The Kier molecular flexibility index (Phi) is 5.54. The van der Waals surface area contributed by atoms with E-state index in [2.05, 4.69) is 4.98 Å². The van der Waals surface area contributed by atoms with Crippen molar-refractivity contribution in [2.45, 2.75) is 6.92 Å². The van der Waals surface area contributed by atoms with Crippen LogP contribution in [0, 0.1) is 6.92 Å². The largest absolute Gasteiger partial charge is 0.394 e. The number of pyridine rings is 1. The maximum Gasteiger partial charge on any atom is 0.259 e. The molecule has 1 aromatic heterocycles. The minimum absolute atomic E-state index is 0.0463. The standard InChI is InChI=1S/C12H18N2O4/c1-9-7-11(16)10(8-13-9)12(17)14(2)3-5-18-6-4-15/h7-8,15H,3-6H2,1-2H3,(H,13,16). The van der Waals surface area contributed by atoms with Crippen LogP contribution in [0.3, 0.4) is 0 Å². The number of H-pyrrole nitrogens is 1. The Morgan fingerprint density at radius 2 is 2.22 bits per heavy atom. The third-order valence-electron chi connectivity index (χ3n) is 2.44. The van der Waals surface area contributed by atoms with Crippen molar-refractivity contribution in [3.8, 4) is 0 Å². The Bertz CT molecular complexity index is 456. The summed E-state index contributed by atoms with van der Waals surface area (Å²) in [6.07, 6.45) is 1.42. The molecule has 18 heavy (non-hydrogen) atoms. The molecule has 0 atom stereocenters. The number of rotatable bonds is 6. The molecule has 1 rings (SSSR count). The van der Waals surface area contributed by atoms with Gasteiger partial charge in [0.15, 0.2) is 5.43 Å². The van der Waals surface area contributed by atoms with E-state index in [0.717, 1.165) is 0 Å². The molecule has 0 unspecified atom stereocenters. The van der Waals surface area contributed by atoms with Gasteiger partial charge in [-0.25, -0.2) is 0 Å². The number of carbonyl (C=O) groups is 1. The van der Waals surface area contributed by atoms with E-state index in [-0.39, 0.29) is 30.1 Å². The lowest BCUT2D eigenvalue weighted by atomic mass is 10.2. The molecule has 6 nitrogen and oxygen atoms in total. The maximum absolute atomic E-state index is 11.9. The fourth-order valence-electron chi connectivity index (χ4n) is 1.42. The van der Waals surface area contributed by atoms with Crippen LogP contribution in [-0.4, -0.2) is 54.3 Å². The number of aromatic nitrogens is 1. The first-order chi connectivity index (χ1) is 8.56. The summed E-state index contributed by atoms with van der Waals surface area (Å²) in [7, 11) is 1.60. The van der Waals surface area contributed by atoms with Crippen molar-refractivity contribution >= 4 is 5.91 Å². The molecule has 1 amide bonds. The molecule has 0 radical (unpaired) electrons. The second kappa shape index (κ2) is 6.93. The molecule has 0 aliphatic carbocycles. The highest BCUT2D eigenvalue weighted by molar-refractivity contribution is 5.93. The summed E-state index contributed by atoms with van der Waals surface area (Å²) in [5.41, 5.74) is 0.537. The number of aliphatic hydroxyl groups excluding tert-OH is 1. The average Bonchev–Trinajstić information content (AvgIpc) is 2.33. The van der Waals surface area contributed by atoms with Crippen molar-refractivity contribution < 1.29 is 14.6 Å². The molecule has 1 aromatic rings. The fourth-order valence-corrected chi connectivity index (χ4v) is 1.42. The number of carbonyl (C=O) groups excluding carboxylic acids is 1. The van der Waals surface area contributed by atoms with Crippen molar-refractivity contribution in [3.05, 3.63) is 33.7 Å². The van der Waals surface area contributed by atoms with Gasteiger partial charge in [-0.2, -0.15) is 0 Å². The van der Waals surface area contributed by atoms with Gasteiger partial charge in [0.25, 0.3) is 5.91 Å². The molecular formula is C12H18N2O4. The quantitative estimate of drug-likeness (QED) is 0.687. The molecule has 0 spiro atoms. The second-order valence-corrected chi connectivity index (χ2v) is 3.96. The molecule has 6 heteroatoms. The van der Waals surface area contributed by atoms with Crippen LogP contribution in [0.5, 0.6) is 0 Å². The number of hydrogen-bond acceptors (Lipinski definition) is 4. The van der Waals surface area contributed by atoms with Gasteiger partial charge in [0.05, 0.1) is 19.8 Å². The van der Waals surface area contributed by atoms with Crippen LogP contribution >= 0.6 is 0 Å². The van der Waals surface area contributed by atoms with Gasteiger partial charge < -0.3 is 19.7 Å². The lowest BCUT2D eigenvalue weighted by Crippen LogP contribution is -2.33. The number of aromatic amines is 1. The first kappa shape index (κ1) is 14.4. The first-order valence-corrected chi connectivity index (χ1v) is 5.69. The number of aryl methyl sites for hydroxylation is 1. The van der Waals surface area contributed by atoms with E-state index in [0.29, 0.717) is 18.8 Å². The van der Waals surface area contributed by atoms with Gasteiger partial charge in [0, 0.05) is 31.5 Å². The Morgan fingerprint density at radius 3 is 2.83 bits per heavy atom. The number of nitrogens with zero attached hydrogens (tertiary/aromatic N) is 1. The molecule has 0 aliphatic rings. The SMILES string of the molecule is Cc1cc(=O)c(C(=O)N(C)CCOCCO)c[nH]1.